The molecular formula is C18H17ClN4O3S3. The van der Waals surface area contributed by atoms with E-state index in [0.29, 0.717) is 9.47 Å². The number of rotatable bonds is 7. The largest absolute Gasteiger partial charge is 0.296 e. The molecule has 152 valence electrons. The maximum atomic E-state index is 12.6. The van der Waals surface area contributed by atoms with Crippen molar-refractivity contribution in [3.63, 3.8) is 0 Å². The van der Waals surface area contributed by atoms with Crippen molar-refractivity contribution >= 4 is 55.8 Å². The van der Waals surface area contributed by atoms with Crippen LogP contribution in [0.4, 0.5) is 5.13 Å². The maximum Gasteiger partial charge on any atom is 0.259 e. The van der Waals surface area contributed by atoms with Gasteiger partial charge in [-0.25, -0.2) is 12.7 Å². The number of amides is 1. The number of halogens is 1. The van der Waals surface area contributed by atoms with Crippen molar-refractivity contribution < 1.29 is 13.2 Å². The van der Waals surface area contributed by atoms with Crippen molar-refractivity contribution in [3.05, 3.63) is 64.7 Å². The Bertz CT molecular complexity index is 1120. The normalized spacial score (nSPS) is 11.6. The first kappa shape index (κ1) is 21.7. The number of nitrogens with one attached hydrogen (secondary N) is 1. The van der Waals surface area contributed by atoms with E-state index in [1.165, 1.54) is 55.4 Å². The van der Waals surface area contributed by atoms with E-state index in [1.807, 2.05) is 30.3 Å². The smallest absolute Gasteiger partial charge is 0.259 e. The second-order valence-corrected chi connectivity index (χ2v) is 10.8. The van der Waals surface area contributed by atoms with Crippen LogP contribution in [0.2, 0.25) is 5.02 Å². The fraction of sp³-hybridized carbons (Fsp3) is 0.167. The fourth-order valence-corrected chi connectivity index (χ4v) is 5.09. The SMILES string of the molecule is CN(C)S(=O)(=O)c1ccc(Cl)c(C(=O)Nc2nnc(SCc3ccccc3)s2)c1. The third-order valence-electron chi connectivity index (χ3n) is 3.79. The molecule has 0 saturated heterocycles. The number of sulfonamides is 1. The molecule has 1 N–H and O–H groups in total. The molecule has 0 radical (unpaired) electrons. The molecule has 0 aliphatic carbocycles. The summed E-state index contributed by atoms with van der Waals surface area (Å²) in [6.45, 7) is 0. The standard InChI is InChI=1S/C18H17ClN4O3S3/c1-23(2)29(25,26)13-8-9-15(19)14(10-13)16(24)20-17-21-22-18(28-17)27-11-12-6-4-3-5-7-12/h3-10H,11H2,1-2H3,(H,20,21,24). The number of thioether (sulfide) groups is 1. The lowest BCUT2D eigenvalue weighted by molar-refractivity contribution is 0.102. The van der Waals surface area contributed by atoms with Gasteiger partial charge in [0.25, 0.3) is 5.91 Å². The van der Waals surface area contributed by atoms with E-state index in [4.69, 9.17) is 11.6 Å². The van der Waals surface area contributed by atoms with Crippen LogP contribution in [0.5, 0.6) is 0 Å². The Kier molecular flexibility index (Phi) is 6.91. The van der Waals surface area contributed by atoms with Crippen molar-refractivity contribution in [2.24, 2.45) is 0 Å². The lowest BCUT2D eigenvalue weighted by atomic mass is 10.2. The van der Waals surface area contributed by atoms with Crippen LogP contribution in [0.25, 0.3) is 0 Å². The first-order valence-corrected chi connectivity index (χ1v) is 11.9. The lowest BCUT2D eigenvalue weighted by Crippen LogP contribution is -2.23. The van der Waals surface area contributed by atoms with Gasteiger partial charge in [-0.3, -0.25) is 10.1 Å². The van der Waals surface area contributed by atoms with Gasteiger partial charge in [0.05, 0.1) is 15.5 Å². The van der Waals surface area contributed by atoms with Gasteiger partial charge >= 0.3 is 0 Å². The molecule has 29 heavy (non-hydrogen) atoms. The van der Waals surface area contributed by atoms with Crippen molar-refractivity contribution in [1.82, 2.24) is 14.5 Å². The maximum absolute atomic E-state index is 12.6. The van der Waals surface area contributed by atoms with Gasteiger partial charge in [-0.2, -0.15) is 0 Å². The molecule has 3 aromatic rings. The third-order valence-corrected chi connectivity index (χ3v) is 7.98. The van der Waals surface area contributed by atoms with Crippen LogP contribution in [0.15, 0.2) is 57.8 Å². The lowest BCUT2D eigenvalue weighted by Gasteiger charge is -2.12. The predicted octanol–water partition coefficient (Wildman–Crippen LogP) is 3.99. The minimum Gasteiger partial charge on any atom is -0.296 e. The van der Waals surface area contributed by atoms with Gasteiger partial charge in [-0.1, -0.05) is 65.0 Å². The monoisotopic (exact) mass is 468 g/mol. The van der Waals surface area contributed by atoms with Crippen molar-refractivity contribution in [1.29, 1.82) is 0 Å². The summed E-state index contributed by atoms with van der Waals surface area (Å²) in [5, 5.41) is 11.1. The second kappa shape index (κ2) is 9.23. The topological polar surface area (TPSA) is 92.3 Å². The minimum atomic E-state index is -3.69. The highest BCUT2D eigenvalue weighted by Gasteiger charge is 2.21. The number of hydrogen-bond donors (Lipinski definition) is 1. The molecule has 7 nitrogen and oxygen atoms in total. The molecule has 1 amide bonds. The number of benzene rings is 2. The first-order chi connectivity index (χ1) is 13.8. The van der Waals surface area contributed by atoms with Gasteiger partial charge in [0.1, 0.15) is 0 Å². The molecule has 1 heterocycles. The molecule has 11 heteroatoms. The molecule has 0 fully saturated rings. The predicted molar refractivity (Wildman–Crippen MR) is 116 cm³/mol. The van der Waals surface area contributed by atoms with E-state index in [2.05, 4.69) is 15.5 Å². The highest BCUT2D eigenvalue weighted by Crippen LogP contribution is 2.29. The van der Waals surface area contributed by atoms with Gasteiger partial charge in [-0.15, -0.1) is 10.2 Å². The van der Waals surface area contributed by atoms with E-state index in [0.717, 1.165) is 15.6 Å². The summed E-state index contributed by atoms with van der Waals surface area (Å²) in [6.07, 6.45) is 0. The van der Waals surface area contributed by atoms with Crippen LogP contribution in [0.1, 0.15) is 15.9 Å². The van der Waals surface area contributed by atoms with Crippen LogP contribution in [0, 0.1) is 0 Å². The highest BCUT2D eigenvalue weighted by atomic mass is 35.5. The quantitative estimate of drug-likeness (QED) is 0.416. The fourth-order valence-electron chi connectivity index (χ4n) is 2.25. The van der Waals surface area contributed by atoms with E-state index in [1.54, 1.807) is 0 Å². The average Bonchev–Trinajstić information content (AvgIpc) is 3.14. The zero-order chi connectivity index (χ0) is 21.0. The molecule has 2 aromatic carbocycles. The molecule has 1 aromatic heterocycles. The number of carbonyl (C=O) groups is 1. The molecular weight excluding hydrogens is 452 g/mol. The van der Waals surface area contributed by atoms with Gasteiger partial charge in [0, 0.05) is 19.8 Å². The first-order valence-electron chi connectivity index (χ1n) is 8.31. The van der Waals surface area contributed by atoms with Crippen molar-refractivity contribution in [3.8, 4) is 0 Å². The van der Waals surface area contributed by atoms with Crippen LogP contribution in [-0.2, 0) is 15.8 Å². The zero-order valence-corrected chi connectivity index (χ0v) is 18.7. The highest BCUT2D eigenvalue weighted by molar-refractivity contribution is 8.00. The number of anilines is 1. The molecule has 3 rings (SSSR count). The van der Waals surface area contributed by atoms with Crippen molar-refractivity contribution in [2.75, 3.05) is 19.4 Å². The van der Waals surface area contributed by atoms with Gasteiger partial charge in [-0.05, 0) is 23.8 Å². The zero-order valence-electron chi connectivity index (χ0n) is 15.5. The summed E-state index contributed by atoms with van der Waals surface area (Å²) in [7, 11) is -0.854. The molecule has 0 aliphatic heterocycles. The summed E-state index contributed by atoms with van der Waals surface area (Å²) in [5.41, 5.74) is 1.20. The second-order valence-electron chi connectivity index (χ2n) is 6.03. The van der Waals surface area contributed by atoms with Crippen LogP contribution in [0.3, 0.4) is 0 Å². The summed E-state index contributed by atoms with van der Waals surface area (Å²) < 4.78 is 26.4. The van der Waals surface area contributed by atoms with Gasteiger partial charge in [0.15, 0.2) is 4.34 Å². The summed E-state index contributed by atoms with van der Waals surface area (Å²) in [4.78, 5) is 12.6. The Morgan fingerprint density at radius 1 is 1.17 bits per heavy atom. The Morgan fingerprint density at radius 2 is 1.90 bits per heavy atom. The van der Waals surface area contributed by atoms with E-state index >= 15 is 0 Å². The molecule has 0 aliphatic rings. The number of aromatic nitrogens is 2. The molecule has 0 saturated carbocycles. The van der Waals surface area contributed by atoms with Gasteiger partial charge < -0.3 is 0 Å². The third kappa shape index (κ3) is 5.34. The number of nitrogens with zero attached hydrogens (tertiary/aromatic N) is 3. The van der Waals surface area contributed by atoms with Crippen LogP contribution in [-0.4, -0.2) is 42.9 Å². The Labute approximate surface area is 182 Å². The van der Waals surface area contributed by atoms with Gasteiger partial charge in [0.2, 0.25) is 15.2 Å². The molecule has 0 bridgehead atoms. The Balaban J connectivity index is 1.71. The molecule has 0 spiro atoms. The van der Waals surface area contributed by atoms with Crippen LogP contribution < -0.4 is 5.32 Å². The molecule has 0 atom stereocenters. The van der Waals surface area contributed by atoms with Crippen molar-refractivity contribution in [2.45, 2.75) is 15.0 Å². The summed E-state index contributed by atoms with van der Waals surface area (Å²) >= 11 is 8.85. The minimum absolute atomic E-state index is 0.0200. The number of hydrogen-bond acceptors (Lipinski definition) is 7. The van der Waals surface area contributed by atoms with E-state index in [9.17, 15) is 13.2 Å². The number of carbonyl (C=O) groups excluding carboxylic acids is 1. The van der Waals surface area contributed by atoms with E-state index < -0.39 is 15.9 Å². The van der Waals surface area contributed by atoms with Crippen LogP contribution >= 0.6 is 34.7 Å². The summed E-state index contributed by atoms with van der Waals surface area (Å²) in [6, 6.07) is 13.9. The summed E-state index contributed by atoms with van der Waals surface area (Å²) in [5.74, 6) is 0.182. The Morgan fingerprint density at radius 3 is 2.59 bits per heavy atom. The van der Waals surface area contributed by atoms with E-state index in [-0.39, 0.29) is 15.5 Å². The average molecular weight is 469 g/mol. The Hall–Kier alpha value is -1.98. The molecule has 0 unspecified atom stereocenters.